The Morgan fingerprint density at radius 1 is 1.12 bits per heavy atom. The predicted octanol–water partition coefficient (Wildman–Crippen LogP) is 4.45. The van der Waals surface area contributed by atoms with E-state index >= 15 is 0 Å². The molecule has 1 atom stereocenters. The highest BCUT2D eigenvalue weighted by atomic mass is 14.2. The van der Waals surface area contributed by atoms with Gasteiger partial charge in [0.05, 0.1) is 0 Å². The zero-order valence-electron chi connectivity index (χ0n) is 10.1. The van der Waals surface area contributed by atoms with E-state index in [1.165, 1.54) is 30.0 Å². The van der Waals surface area contributed by atoms with Gasteiger partial charge < -0.3 is 0 Å². The predicted molar refractivity (Wildman–Crippen MR) is 70.1 cm³/mol. The first kappa shape index (κ1) is 9.89. The lowest BCUT2D eigenvalue weighted by molar-refractivity contribution is 0.732. The molecule has 0 saturated carbocycles. The van der Waals surface area contributed by atoms with Gasteiger partial charge in [-0.25, -0.2) is 0 Å². The van der Waals surface area contributed by atoms with Gasteiger partial charge in [0, 0.05) is 0 Å². The summed E-state index contributed by atoms with van der Waals surface area (Å²) in [6.45, 7) is 4.62. The Balaban J connectivity index is 2.32. The average molecular weight is 210 g/mol. The van der Waals surface area contributed by atoms with E-state index in [-0.39, 0.29) is 0 Å². The van der Waals surface area contributed by atoms with E-state index in [4.69, 9.17) is 0 Å². The summed E-state index contributed by atoms with van der Waals surface area (Å²) in [7, 11) is 0. The minimum Gasteiger partial charge on any atom is -0.0648 e. The molecule has 0 radical (unpaired) electrons. The molecule has 16 heavy (non-hydrogen) atoms. The number of aryl methyl sites for hydroxylation is 2. The molecule has 3 rings (SSSR count). The molecule has 0 saturated heterocycles. The Bertz CT molecular complexity index is 537. The minimum absolute atomic E-state index is 0.677. The van der Waals surface area contributed by atoms with Gasteiger partial charge in [-0.05, 0) is 52.6 Å². The summed E-state index contributed by atoms with van der Waals surface area (Å²) < 4.78 is 0. The maximum absolute atomic E-state index is 2.45. The van der Waals surface area contributed by atoms with Crippen molar-refractivity contribution < 1.29 is 0 Å². The molecule has 0 aromatic heterocycles. The number of rotatable bonds is 2. The van der Waals surface area contributed by atoms with Gasteiger partial charge in [-0.15, -0.1) is 0 Å². The van der Waals surface area contributed by atoms with Crippen LogP contribution in [0.1, 0.15) is 42.9 Å². The first-order chi connectivity index (χ1) is 7.81. The molecule has 0 spiro atoms. The molecule has 0 N–H and O–H groups in total. The molecule has 1 unspecified atom stereocenters. The van der Waals surface area contributed by atoms with Crippen LogP contribution in [-0.2, 0) is 12.8 Å². The molecule has 0 aliphatic heterocycles. The molecule has 2 aromatic rings. The Morgan fingerprint density at radius 3 is 2.50 bits per heavy atom. The summed E-state index contributed by atoms with van der Waals surface area (Å²) >= 11 is 0. The van der Waals surface area contributed by atoms with E-state index in [1.807, 2.05) is 0 Å². The molecule has 2 aromatic carbocycles. The summed E-state index contributed by atoms with van der Waals surface area (Å²) in [5.74, 6) is 0.677. The van der Waals surface area contributed by atoms with Crippen molar-refractivity contribution in [1.29, 1.82) is 0 Å². The zero-order valence-corrected chi connectivity index (χ0v) is 10.1. The maximum atomic E-state index is 2.45. The molecule has 82 valence electrons. The second-order valence-electron chi connectivity index (χ2n) is 4.96. The van der Waals surface area contributed by atoms with Crippen molar-refractivity contribution in [2.24, 2.45) is 0 Å². The van der Waals surface area contributed by atoms with E-state index < -0.39 is 0 Å². The molecule has 0 nitrogen and oxygen atoms in total. The molecule has 0 amide bonds. The van der Waals surface area contributed by atoms with E-state index in [1.54, 1.807) is 16.7 Å². The van der Waals surface area contributed by atoms with Crippen LogP contribution in [0.25, 0.3) is 10.8 Å². The molecule has 0 bridgehead atoms. The summed E-state index contributed by atoms with van der Waals surface area (Å²) in [5, 5.41) is 2.98. The van der Waals surface area contributed by atoms with E-state index in [2.05, 4.69) is 44.2 Å². The summed E-state index contributed by atoms with van der Waals surface area (Å²) in [4.78, 5) is 0. The Kier molecular flexibility index (Phi) is 2.24. The molecule has 0 fully saturated rings. The van der Waals surface area contributed by atoms with Crippen molar-refractivity contribution >= 4 is 10.8 Å². The Hall–Kier alpha value is -1.30. The lowest BCUT2D eigenvalue weighted by atomic mass is 9.80. The van der Waals surface area contributed by atoms with Crippen molar-refractivity contribution in [3.63, 3.8) is 0 Å². The third-order valence-electron chi connectivity index (χ3n) is 4.07. The lowest BCUT2D eigenvalue weighted by Gasteiger charge is -2.25. The number of benzene rings is 2. The maximum Gasteiger partial charge on any atom is -0.0146 e. The van der Waals surface area contributed by atoms with Crippen LogP contribution in [0.3, 0.4) is 0 Å². The Morgan fingerprint density at radius 2 is 1.88 bits per heavy atom. The molecular formula is C16H18. The van der Waals surface area contributed by atoms with Crippen molar-refractivity contribution in [1.82, 2.24) is 0 Å². The third-order valence-corrected chi connectivity index (χ3v) is 4.07. The van der Waals surface area contributed by atoms with Crippen molar-refractivity contribution in [3.8, 4) is 0 Å². The van der Waals surface area contributed by atoms with Gasteiger partial charge in [-0.2, -0.15) is 0 Å². The van der Waals surface area contributed by atoms with Gasteiger partial charge in [0.15, 0.2) is 0 Å². The monoisotopic (exact) mass is 210 g/mol. The molecular weight excluding hydrogens is 192 g/mol. The van der Waals surface area contributed by atoms with Crippen molar-refractivity contribution in [3.05, 3.63) is 47.0 Å². The van der Waals surface area contributed by atoms with E-state index in [0.29, 0.717) is 5.92 Å². The quantitative estimate of drug-likeness (QED) is 0.687. The van der Waals surface area contributed by atoms with Gasteiger partial charge >= 0.3 is 0 Å². The van der Waals surface area contributed by atoms with Gasteiger partial charge in [-0.1, -0.05) is 44.2 Å². The number of hydrogen-bond acceptors (Lipinski definition) is 0. The second kappa shape index (κ2) is 3.62. The molecule has 1 aliphatic rings. The van der Waals surface area contributed by atoms with Gasteiger partial charge in [0.2, 0.25) is 0 Å². The van der Waals surface area contributed by atoms with Crippen LogP contribution < -0.4 is 0 Å². The highest BCUT2D eigenvalue weighted by Crippen LogP contribution is 2.37. The fourth-order valence-corrected chi connectivity index (χ4v) is 2.75. The SMILES string of the molecule is CCC(C)c1cc2c(c3ccccc13)CC2. The summed E-state index contributed by atoms with van der Waals surface area (Å²) in [6.07, 6.45) is 3.78. The zero-order chi connectivity index (χ0) is 11.1. The van der Waals surface area contributed by atoms with Crippen molar-refractivity contribution in [2.75, 3.05) is 0 Å². The van der Waals surface area contributed by atoms with Crippen LogP contribution >= 0.6 is 0 Å². The molecule has 0 heteroatoms. The average Bonchev–Trinajstić information content (AvgIpc) is 2.28. The van der Waals surface area contributed by atoms with Crippen LogP contribution in [0.15, 0.2) is 30.3 Å². The molecule has 1 aliphatic carbocycles. The van der Waals surface area contributed by atoms with Crippen LogP contribution in [0.2, 0.25) is 0 Å². The minimum atomic E-state index is 0.677. The normalized spacial score (nSPS) is 15.6. The lowest BCUT2D eigenvalue weighted by Crippen LogP contribution is -2.11. The van der Waals surface area contributed by atoms with Gasteiger partial charge in [-0.3, -0.25) is 0 Å². The number of fused-ring (bicyclic) bond motifs is 3. The van der Waals surface area contributed by atoms with Crippen molar-refractivity contribution in [2.45, 2.75) is 39.0 Å². The van der Waals surface area contributed by atoms with E-state index in [9.17, 15) is 0 Å². The number of hydrogen-bond donors (Lipinski definition) is 0. The highest BCUT2D eigenvalue weighted by molar-refractivity contribution is 5.91. The van der Waals surface area contributed by atoms with Crippen LogP contribution in [0.4, 0.5) is 0 Å². The van der Waals surface area contributed by atoms with Crippen LogP contribution in [-0.4, -0.2) is 0 Å². The van der Waals surface area contributed by atoms with Crippen LogP contribution in [0, 0.1) is 0 Å². The standard InChI is InChI=1S/C16H18/c1-3-11(2)16-10-12-8-9-13(12)14-6-4-5-7-15(14)16/h4-7,10-11H,3,8-9H2,1-2H3. The summed E-state index contributed by atoms with van der Waals surface area (Å²) in [6, 6.07) is 11.4. The fraction of sp³-hybridized carbons (Fsp3) is 0.375. The molecule has 0 heterocycles. The Labute approximate surface area is 97.3 Å². The summed E-state index contributed by atoms with van der Waals surface area (Å²) in [5.41, 5.74) is 4.74. The smallest absolute Gasteiger partial charge is 0.0146 e. The fourth-order valence-electron chi connectivity index (χ4n) is 2.75. The first-order valence-electron chi connectivity index (χ1n) is 6.34. The van der Waals surface area contributed by atoms with Gasteiger partial charge in [0.1, 0.15) is 0 Å². The first-order valence-corrected chi connectivity index (χ1v) is 6.34. The van der Waals surface area contributed by atoms with E-state index in [0.717, 1.165) is 0 Å². The second-order valence-corrected chi connectivity index (χ2v) is 4.96. The van der Waals surface area contributed by atoms with Gasteiger partial charge in [0.25, 0.3) is 0 Å². The van der Waals surface area contributed by atoms with Crippen LogP contribution in [0.5, 0.6) is 0 Å². The third kappa shape index (κ3) is 1.29. The largest absolute Gasteiger partial charge is 0.0648 e. The highest BCUT2D eigenvalue weighted by Gasteiger charge is 2.19. The topological polar surface area (TPSA) is 0 Å².